The summed E-state index contributed by atoms with van der Waals surface area (Å²) in [5.74, 6) is 0.602. The van der Waals surface area contributed by atoms with Gasteiger partial charge in [0.25, 0.3) is 0 Å². The van der Waals surface area contributed by atoms with Gasteiger partial charge in [-0.15, -0.1) is 0 Å². The molecule has 3 N–H and O–H groups in total. The van der Waals surface area contributed by atoms with Gasteiger partial charge >= 0.3 is 0 Å². The number of aliphatic hydroxyl groups excluding tert-OH is 1. The van der Waals surface area contributed by atoms with Crippen molar-refractivity contribution in [2.45, 2.75) is 13.0 Å². The number of hydrogen-bond acceptors (Lipinski definition) is 4. The summed E-state index contributed by atoms with van der Waals surface area (Å²) in [5, 5.41) is 14.4. The molecule has 0 fully saturated rings. The number of methoxy groups -OCH3 is 1. The molecule has 17 heavy (non-hydrogen) atoms. The van der Waals surface area contributed by atoms with Crippen LogP contribution in [0, 0.1) is 0 Å². The van der Waals surface area contributed by atoms with Gasteiger partial charge in [0.2, 0.25) is 5.91 Å². The van der Waals surface area contributed by atoms with E-state index in [0.717, 1.165) is 5.75 Å². The topological polar surface area (TPSA) is 70.6 Å². The lowest BCUT2D eigenvalue weighted by Gasteiger charge is -2.10. The van der Waals surface area contributed by atoms with E-state index in [2.05, 4.69) is 10.6 Å². The molecule has 0 aromatic heterocycles. The Balaban J connectivity index is 2.39. The summed E-state index contributed by atoms with van der Waals surface area (Å²) in [6, 6.07) is 7.01. The van der Waals surface area contributed by atoms with E-state index in [9.17, 15) is 4.79 Å². The zero-order valence-electron chi connectivity index (χ0n) is 10.1. The summed E-state index contributed by atoms with van der Waals surface area (Å²) < 4.78 is 5.01. The van der Waals surface area contributed by atoms with E-state index in [1.807, 2.05) is 0 Å². The summed E-state index contributed by atoms with van der Waals surface area (Å²) in [6.45, 7) is 1.99. The first-order chi connectivity index (χ1) is 8.15. The molecule has 94 valence electrons. The lowest BCUT2D eigenvalue weighted by molar-refractivity contribution is -0.115. The van der Waals surface area contributed by atoms with Crippen LogP contribution in [0.1, 0.15) is 6.92 Å². The third-order valence-corrected chi connectivity index (χ3v) is 2.26. The Kier molecular flexibility index (Phi) is 5.45. The van der Waals surface area contributed by atoms with E-state index in [1.165, 1.54) is 0 Å². The van der Waals surface area contributed by atoms with Crippen LogP contribution in [-0.2, 0) is 4.79 Å². The number of ether oxygens (including phenoxy) is 1. The van der Waals surface area contributed by atoms with Crippen molar-refractivity contribution in [3.63, 3.8) is 0 Å². The molecule has 1 aromatic rings. The van der Waals surface area contributed by atoms with Crippen molar-refractivity contribution in [1.82, 2.24) is 5.32 Å². The average molecular weight is 238 g/mol. The molecule has 0 aliphatic rings. The molecule has 0 saturated carbocycles. The molecular formula is C12H18N2O3. The first-order valence-electron chi connectivity index (χ1n) is 5.44. The highest BCUT2D eigenvalue weighted by Crippen LogP contribution is 2.14. The molecule has 0 spiro atoms. The number of hydrogen-bond donors (Lipinski definition) is 3. The second kappa shape index (κ2) is 6.88. The molecule has 0 heterocycles. The minimum Gasteiger partial charge on any atom is -0.497 e. The van der Waals surface area contributed by atoms with Crippen LogP contribution < -0.4 is 15.4 Å². The largest absolute Gasteiger partial charge is 0.497 e. The lowest BCUT2D eigenvalue weighted by atomic mass is 10.3. The molecule has 0 aliphatic heterocycles. The van der Waals surface area contributed by atoms with Crippen LogP contribution in [0.4, 0.5) is 5.69 Å². The van der Waals surface area contributed by atoms with E-state index < -0.39 is 0 Å². The van der Waals surface area contributed by atoms with Crippen LogP contribution in [0.15, 0.2) is 24.3 Å². The number of benzene rings is 1. The van der Waals surface area contributed by atoms with Gasteiger partial charge < -0.3 is 20.5 Å². The zero-order valence-corrected chi connectivity index (χ0v) is 10.1. The van der Waals surface area contributed by atoms with Crippen LogP contribution in [-0.4, -0.2) is 37.3 Å². The van der Waals surface area contributed by atoms with Gasteiger partial charge in [-0.2, -0.15) is 0 Å². The zero-order chi connectivity index (χ0) is 12.7. The van der Waals surface area contributed by atoms with Crippen LogP contribution in [0.2, 0.25) is 0 Å². The third-order valence-electron chi connectivity index (χ3n) is 2.26. The average Bonchev–Trinajstić information content (AvgIpc) is 2.36. The van der Waals surface area contributed by atoms with Crippen LogP contribution in [0.5, 0.6) is 5.75 Å². The molecular weight excluding hydrogens is 220 g/mol. The van der Waals surface area contributed by atoms with E-state index in [1.54, 1.807) is 38.3 Å². The van der Waals surface area contributed by atoms with Gasteiger partial charge in [0.15, 0.2) is 0 Å². The van der Waals surface area contributed by atoms with Crippen molar-refractivity contribution in [1.29, 1.82) is 0 Å². The van der Waals surface area contributed by atoms with Gasteiger partial charge in [0, 0.05) is 11.7 Å². The minimum atomic E-state index is -0.143. The first kappa shape index (κ1) is 13.5. The molecule has 5 heteroatoms. The van der Waals surface area contributed by atoms with Crippen molar-refractivity contribution in [2.75, 3.05) is 25.6 Å². The van der Waals surface area contributed by atoms with Crippen molar-refractivity contribution >= 4 is 11.6 Å². The minimum absolute atomic E-state index is 0.00974. The highest BCUT2D eigenvalue weighted by Gasteiger charge is 2.04. The molecule has 1 aromatic carbocycles. The number of aliphatic hydroxyl groups is 1. The number of carbonyl (C=O) groups excluding carboxylic acids is 1. The number of nitrogens with one attached hydrogen (secondary N) is 2. The second-order valence-electron chi connectivity index (χ2n) is 3.74. The van der Waals surface area contributed by atoms with Crippen LogP contribution in [0.3, 0.4) is 0 Å². The molecule has 1 rings (SSSR count). The fraction of sp³-hybridized carbons (Fsp3) is 0.417. The van der Waals surface area contributed by atoms with E-state index in [0.29, 0.717) is 5.69 Å². The molecule has 5 nitrogen and oxygen atoms in total. The maximum absolute atomic E-state index is 11.5. The maximum atomic E-state index is 11.5. The molecule has 0 aliphatic carbocycles. The number of carbonyl (C=O) groups is 1. The summed E-state index contributed by atoms with van der Waals surface area (Å²) in [6.07, 6.45) is 0. The number of anilines is 1. The summed E-state index contributed by atoms with van der Waals surface area (Å²) in [7, 11) is 1.59. The highest BCUT2D eigenvalue weighted by molar-refractivity contribution is 5.92. The number of amides is 1. The van der Waals surface area contributed by atoms with Crippen molar-refractivity contribution < 1.29 is 14.6 Å². The fourth-order valence-electron chi connectivity index (χ4n) is 1.21. The van der Waals surface area contributed by atoms with Gasteiger partial charge in [-0.05, 0) is 31.2 Å². The fourth-order valence-corrected chi connectivity index (χ4v) is 1.21. The highest BCUT2D eigenvalue weighted by atomic mass is 16.5. The molecule has 1 unspecified atom stereocenters. The smallest absolute Gasteiger partial charge is 0.238 e. The van der Waals surface area contributed by atoms with Crippen molar-refractivity contribution in [3.8, 4) is 5.75 Å². The Morgan fingerprint density at radius 3 is 2.59 bits per heavy atom. The van der Waals surface area contributed by atoms with Crippen LogP contribution >= 0.6 is 0 Å². The summed E-state index contributed by atoms with van der Waals surface area (Å²) in [5.41, 5.74) is 0.717. The SMILES string of the molecule is COc1ccc(NC(=O)CNC(C)CO)cc1. The lowest BCUT2D eigenvalue weighted by Crippen LogP contribution is -2.36. The summed E-state index contributed by atoms with van der Waals surface area (Å²) in [4.78, 5) is 11.5. The second-order valence-corrected chi connectivity index (χ2v) is 3.74. The normalized spacial score (nSPS) is 11.9. The van der Waals surface area contributed by atoms with Gasteiger partial charge in [0.05, 0.1) is 20.3 Å². The Morgan fingerprint density at radius 1 is 1.41 bits per heavy atom. The van der Waals surface area contributed by atoms with Gasteiger partial charge in [-0.1, -0.05) is 0 Å². The van der Waals surface area contributed by atoms with E-state index >= 15 is 0 Å². The monoisotopic (exact) mass is 238 g/mol. The first-order valence-corrected chi connectivity index (χ1v) is 5.44. The Bertz CT molecular complexity index is 351. The number of rotatable bonds is 6. The van der Waals surface area contributed by atoms with Gasteiger partial charge in [0.1, 0.15) is 5.75 Å². The molecule has 0 saturated heterocycles. The van der Waals surface area contributed by atoms with Crippen molar-refractivity contribution in [2.24, 2.45) is 0 Å². The maximum Gasteiger partial charge on any atom is 0.238 e. The standard InChI is InChI=1S/C12H18N2O3/c1-9(8-15)13-7-12(16)14-10-3-5-11(17-2)6-4-10/h3-6,9,13,15H,7-8H2,1-2H3,(H,14,16). The molecule has 1 atom stereocenters. The predicted molar refractivity (Wildman–Crippen MR) is 66.2 cm³/mol. The quantitative estimate of drug-likeness (QED) is 0.679. The Hall–Kier alpha value is -1.59. The Labute approximate surface area is 101 Å². The third kappa shape index (κ3) is 4.84. The molecule has 0 radical (unpaired) electrons. The summed E-state index contributed by atoms with van der Waals surface area (Å²) >= 11 is 0. The van der Waals surface area contributed by atoms with Crippen LogP contribution in [0.25, 0.3) is 0 Å². The molecule has 1 amide bonds. The molecule has 0 bridgehead atoms. The van der Waals surface area contributed by atoms with Gasteiger partial charge in [-0.25, -0.2) is 0 Å². The van der Waals surface area contributed by atoms with Crippen molar-refractivity contribution in [3.05, 3.63) is 24.3 Å². The predicted octanol–water partition coefficient (Wildman–Crippen LogP) is 0.604. The Morgan fingerprint density at radius 2 is 2.06 bits per heavy atom. The van der Waals surface area contributed by atoms with E-state index in [4.69, 9.17) is 9.84 Å². The van der Waals surface area contributed by atoms with E-state index in [-0.39, 0.29) is 25.1 Å². The van der Waals surface area contributed by atoms with Gasteiger partial charge in [-0.3, -0.25) is 4.79 Å².